The summed E-state index contributed by atoms with van der Waals surface area (Å²) >= 11 is 0. The number of carboxylic acid groups (broad SMARTS) is 2. The first-order chi connectivity index (χ1) is 10.0. The molecule has 0 heterocycles. The van der Waals surface area contributed by atoms with Crippen LogP contribution in [0.3, 0.4) is 0 Å². The monoisotopic (exact) mass is 341 g/mol. The van der Waals surface area contributed by atoms with E-state index in [0.717, 1.165) is 12.8 Å². The fraction of sp³-hybridized carbons (Fsp3) is 0.500. The minimum absolute atomic E-state index is 0. The van der Waals surface area contributed by atoms with Crippen LogP contribution in [0.2, 0.25) is 0 Å². The van der Waals surface area contributed by atoms with Gasteiger partial charge in [0.05, 0.1) is 11.1 Å². The zero-order valence-electron chi connectivity index (χ0n) is 16.4. The van der Waals surface area contributed by atoms with Crippen LogP contribution >= 0.6 is 0 Å². The molecule has 0 amide bonds. The van der Waals surface area contributed by atoms with Gasteiger partial charge in [0, 0.05) is 12.2 Å². The molecule has 0 aliphatic rings. The molecular weight excluding hydrogens is 316 g/mol. The van der Waals surface area contributed by atoms with E-state index < -0.39 is 11.9 Å². The summed E-state index contributed by atoms with van der Waals surface area (Å²) in [6, 6.07) is 4.10. The second-order valence-corrected chi connectivity index (χ2v) is 5.10. The largest absolute Gasteiger partial charge is 1.00 e. The maximum absolute atomic E-state index is 11.0. The van der Waals surface area contributed by atoms with Crippen LogP contribution < -0.4 is 64.4 Å². The molecule has 0 spiro atoms. The van der Waals surface area contributed by atoms with Gasteiger partial charge in [-0.3, -0.25) is 0 Å². The van der Waals surface area contributed by atoms with Gasteiger partial charge in [-0.05, 0) is 24.6 Å². The Bertz CT molecular complexity index is 473. The van der Waals surface area contributed by atoms with Crippen LogP contribution in [0.15, 0.2) is 18.2 Å². The second-order valence-electron chi connectivity index (χ2n) is 5.10. The third-order valence-corrected chi connectivity index (χ3v) is 3.29. The Labute approximate surface area is 184 Å². The first kappa shape index (κ1) is 25.2. The summed E-state index contributed by atoms with van der Waals surface area (Å²) in [5, 5.41) is 21.1. The molecule has 1 aromatic rings. The summed E-state index contributed by atoms with van der Waals surface area (Å²) in [6.45, 7) is 2.89. The van der Waals surface area contributed by atoms with E-state index in [1.165, 1.54) is 43.9 Å². The Hall–Kier alpha value is -0.0400. The molecule has 1 rings (SSSR count). The van der Waals surface area contributed by atoms with Gasteiger partial charge in [0.25, 0.3) is 0 Å². The molecule has 1 aromatic carbocycles. The second kappa shape index (κ2) is 14.3. The number of hydrogen-bond donors (Lipinski definition) is 3. The predicted molar refractivity (Wildman–Crippen MR) is 84.5 cm³/mol. The smallest absolute Gasteiger partial charge is 1.00 e. The third kappa shape index (κ3) is 10.4. The summed E-state index contributed by atoms with van der Waals surface area (Å²) in [5.74, 6) is -2.25. The van der Waals surface area contributed by atoms with Crippen molar-refractivity contribution < 1.29 is 81.8 Å². The molecule has 0 atom stereocenters. The maximum atomic E-state index is 11.0. The number of benzene rings is 1. The molecule has 0 aromatic heterocycles. The van der Waals surface area contributed by atoms with Crippen molar-refractivity contribution in [2.75, 3.05) is 11.9 Å². The van der Waals surface area contributed by atoms with E-state index in [-0.39, 0.29) is 73.1 Å². The molecule has 0 bridgehead atoms. The van der Waals surface area contributed by atoms with E-state index >= 15 is 0 Å². The fourth-order valence-electron chi connectivity index (χ4n) is 2.11. The molecule has 0 saturated heterocycles. The first-order valence-electron chi connectivity index (χ1n) is 7.40. The Morgan fingerprint density at radius 3 is 1.87 bits per heavy atom. The van der Waals surface area contributed by atoms with E-state index in [1.807, 2.05) is 0 Å². The van der Waals surface area contributed by atoms with Crippen molar-refractivity contribution in [2.24, 2.45) is 0 Å². The van der Waals surface area contributed by atoms with Crippen molar-refractivity contribution in [3.63, 3.8) is 0 Å². The number of rotatable bonds is 10. The molecule has 0 radical (unpaired) electrons. The van der Waals surface area contributed by atoms with Crippen molar-refractivity contribution in [3.8, 4) is 0 Å². The van der Waals surface area contributed by atoms with E-state index in [4.69, 9.17) is 10.2 Å². The van der Waals surface area contributed by atoms with Crippen LogP contribution in [-0.4, -0.2) is 28.7 Å². The van der Waals surface area contributed by atoms with Crippen LogP contribution in [0.25, 0.3) is 0 Å². The summed E-state index contributed by atoms with van der Waals surface area (Å²) < 4.78 is 0. The number of carbonyl (C=O) groups is 2. The quantitative estimate of drug-likeness (QED) is 0.342. The number of anilines is 1. The molecule has 5 nitrogen and oxygen atoms in total. The van der Waals surface area contributed by atoms with Gasteiger partial charge in [-0.25, -0.2) is 9.59 Å². The molecule has 23 heavy (non-hydrogen) atoms. The molecular formula is C16H25NNa2O4. The summed E-state index contributed by atoms with van der Waals surface area (Å²) in [4.78, 5) is 22.0. The number of nitrogens with one attached hydrogen (secondary N) is 1. The normalized spacial score (nSPS) is 9.43. The SMILES string of the molecule is CCCCCCCCNc1cc(C(=O)O)cc(C(=O)O)c1.[H-].[H-].[Na+].[Na+]. The predicted octanol–water partition coefficient (Wildman–Crippen LogP) is -1.91. The zero-order valence-corrected chi connectivity index (χ0v) is 18.4. The molecule has 0 aliphatic heterocycles. The molecule has 0 unspecified atom stereocenters. The van der Waals surface area contributed by atoms with Gasteiger partial charge >= 0.3 is 71.1 Å². The molecule has 7 heteroatoms. The molecule has 3 N–H and O–H groups in total. The third-order valence-electron chi connectivity index (χ3n) is 3.29. The average Bonchev–Trinajstić information content (AvgIpc) is 2.46. The van der Waals surface area contributed by atoms with E-state index in [1.54, 1.807) is 0 Å². The van der Waals surface area contributed by atoms with Crippen LogP contribution in [-0.2, 0) is 0 Å². The standard InChI is InChI=1S/C16H23NO4.2Na.2H/c1-2-3-4-5-6-7-8-17-14-10-12(15(18)19)9-13(11-14)16(20)21;;;;/h9-11,17H,2-8H2,1H3,(H,18,19)(H,20,21);;;;/q;2*+1;2*-1. The van der Waals surface area contributed by atoms with Gasteiger partial charge in [-0.1, -0.05) is 39.0 Å². The minimum Gasteiger partial charge on any atom is -1.00 e. The van der Waals surface area contributed by atoms with Crippen LogP contribution in [0.1, 0.15) is 69.0 Å². The topological polar surface area (TPSA) is 86.6 Å². The molecule has 120 valence electrons. The van der Waals surface area contributed by atoms with Crippen LogP contribution in [0, 0.1) is 0 Å². The van der Waals surface area contributed by atoms with Gasteiger partial charge < -0.3 is 18.4 Å². The van der Waals surface area contributed by atoms with Gasteiger partial charge in [0.2, 0.25) is 0 Å². The van der Waals surface area contributed by atoms with Crippen molar-refractivity contribution in [2.45, 2.75) is 45.4 Å². The van der Waals surface area contributed by atoms with Crippen molar-refractivity contribution in [1.82, 2.24) is 0 Å². The van der Waals surface area contributed by atoms with Crippen LogP contribution in [0.5, 0.6) is 0 Å². The summed E-state index contributed by atoms with van der Waals surface area (Å²) in [5.41, 5.74) is 0.515. The molecule has 0 fully saturated rings. The van der Waals surface area contributed by atoms with Crippen molar-refractivity contribution in [1.29, 1.82) is 0 Å². The summed E-state index contributed by atoms with van der Waals surface area (Å²) in [7, 11) is 0. The first-order valence-corrected chi connectivity index (χ1v) is 7.40. The van der Waals surface area contributed by atoms with E-state index in [9.17, 15) is 9.59 Å². The number of carboxylic acids is 2. The Morgan fingerprint density at radius 2 is 1.39 bits per heavy atom. The zero-order chi connectivity index (χ0) is 15.7. The van der Waals surface area contributed by atoms with Gasteiger partial charge in [-0.15, -0.1) is 0 Å². The average molecular weight is 341 g/mol. The van der Waals surface area contributed by atoms with Crippen molar-refractivity contribution >= 4 is 17.6 Å². The Balaban J connectivity index is -0.000000551. The van der Waals surface area contributed by atoms with Gasteiger partial charge in [0.1, 0.15) is 0 Å². The van der Waals surface area contributed by atoms with Gasteiger partial charge in [-0.2, -0.15) is 0 Å². The summed E-state index contributed by atoms with van der Waals surface area (Å²) in [6.07, 6.45) is 7.04. The maximum Gasteiger partial charge on any atom is 1.00 e. The van der Waals surface area contributed by atoms with Gasteiger partial charge in [0.15, 0.2) is 0 Å². The Morgan fingerprint density at radius 1 is 0.913 bits per heavy atom. The number of hydrogen-bond acceptors (Lipinski definition) is 3. The van der Waals surface area contributed by atoms with E-state index in [0.29, 0.717) is 12.2 Å². The number of aromatic carboxylic acids is 2. The molecule has 0 aliphatic carbocycles. The fourth-order valence-corrected chi connectivity index (χ4v) is 2.11. The Kier molecular flexibility index (Phi) is 15.7. The number of unbranched alkanes of at least 4 members (excludes halogenated alkanes) is 5. The van der Waals surface area contributed by atoms with Crippen LogP contribution in [0.4, 0.5) is 5.69 Å². The van der Waals surface area contributed by atoms with Crippen molar-refractivity contribution in [3.05, 3.63) is 29.3 Å². The minimum atomic E-state index is -1.12. The van der Waals surface area contributed by atoms with E-state index in [2.05, 4.69) is 12.2 Å². The molecule has 0 saturated carbocycles.